The number of halogens is 1. The Labute approximate surface area is 158 Å². The maximum Gasteiger partial charge on any atom is 0.410 e. The largest absolute Gasteiger partial charge is 0.475 e. The van der Waals surface area contributed by atoms with E-state index in [1.807, 2.05) is 25.7 Å². The molecule has 0 saturated carbocycles. The van der Waals surface area contributed by atoms with Gasteiger partial charge in [0.15, 0.2) is 5.96 Å². The summed E-state index contributed by atoms with van der Waals surface area (Å²) in [6.07, 6.45) is 1.32. The minimum absolute atomic E-state index is 0.298. The number of nitrogens with zero attached hydrogens (tertiary/aromatic N) is 4. The molecule has 1 aliphatic rings. The number of nitrogens with two attached hydrogens (primary N) is 1. The van der Waals surface area contributed by atoms with Crippen LogP contribution < -0.4 is 10.5 Å². The summed E-state index contributed by atoms with van der Waals surface area (Å²) < 4.78 is 10.9. The molecule has 0 unspecified atom stereocenters. The SMILES string of the molecule is CC(C)(C)OC(=O)N1CCN(C(N)=NCCOc2ncccc2Cl)CC1. The molecule has 2 rings (SSSR count). The Morgan fingerprint density at radius 2 is 1.96 bits per heavy atom. The zero-order chi connectivity index (χ0) is 19.2. The topological polar surface area (TPSA) is 93.3 Å². The van der Waals surface area contributed by atoms with Crippen molar-refractivity contribution >= 4 is 23.7 Å². The highest BCUT2D eigenvalue weighted by atomic mass is 35.5. The highest BCUT2D eigenvalue weighted by Gasteiger charge is 2.26. The number of hydrogen-bond acceptors (Lipinski definition) is 5. The van der Waals surface area contributed by atoms with Gasteiger partial charge in [0.2, 0.25) is 5.88 Å². The molecule has 0 spiro atoms. The van der Waals surface area contributed by atoms with Crippen LogP contribution in [0.1, 0.15) is 20.8 Å². The van der Waals surface area contributed by atoms with Crippen LogP contribution in [-0.4, -0.2) is 71.8 Å². The van der Waals surface area contributed by atoms with E-state index in [1.165, 1.54) is 0 Å². The fraction of sp³-hybridized carbons (Fsp3) is 0.588. The first-order chi connectivity index (χ1) is 12.3. The number of aliphatic imine (C=N–C) groups is 1. The van der Waals surface area contributed by atoms with E-state index in [-0.39, 0.29) is 6.09 Å². The van der Waals surface area contributed by atoms with Gasteiger partial charge in [-0.3, -0.25) is 0 Å². The first-order valence-corrected chi connectivity index (χ1v) is 8.90. The molecule has 1 amide bonds. The van der Waals surface area contributed by atoms with Crippen LogP contribution in [0.5, 0.6) is 5.88 Å². The first kappa shape index (κ1) is 20.1. The smallest absolute Gasteiger partial charge is 0.410 e. The highest BCUT2D eigenvalue weighted by molar-refractivity contribution is 6.31. The second-order valence-electron chi connectivity index (χ2n) is 6.83. The van der Waals surface area contributed by atoms with Crippen LogP contribution in [0.25, 0.3) is 0 Å². The second kappa shape index (κ2) is 8.93. The molecule has 0 atom stereocenters. The molecule has 1 fully saturated rings. The van der Waals surface area contributed by atoms with Gasteiger partial charge in [-0.1, -0.05) is 11.6 Å². The van der Waals surface area contributed by atoms with E-state index in [1.54, 1.807) is 23.2 Å². The summed E-state index contributed by atoms with van der Waals surface area (Å²) in [6, 6.07) is 3.45. The Balaban J connectivity index is 1.73. The van der Waals surface area contributed by atoms with Crippen LogP contribution >= 0.6 is 11.6 Å². The summed E-state index contributed by atoms with van der Waals surface area (Å²) in [7, 11) is 0. The van der Waals surface area contributed by atoms with E-state index in [2.05, 4.69) is 9.98 Å². The number of pyridine rings is 1. The second-order valence-corrected chi connectivity index (χ2v) is 7.24. The van der Waals surface area contributed by atoms with Crippen molar-refractivity contribution in [2.24, 2.45) is 10.7 Å². The first-order valence-electron chi connectivity index (χ1n) is 8.52. The van der Waals surface area contributed by atoms with Gasteiger partial charge >= 0.3 is 6.09 Å². The molecule has 1 aliphatic heterocycles. The number of amides is 1. The van der Waals surface area contributed by atoms with Gasteiger partial charge in [-0.15, -0.1) is 0 Å². The van der Waals surface area contributed by atoms with Crippen LogP contribution in [0.2, 0.25) is 5.02 Å². The van der Waals surface area contributed by atoms with Crippen LogP contribution in [0, 0.1) is 0 Å². The number of carbonyl (C=O) groups is 1. The number of carbonyl (C=O) groups excluding carboxylic acids is 1. The number of guanidine groups is 1. The highest BCUT2D eigenvalue weighted by Crippen LogP contribution is 2.19. The average Bonchev–Trinajstić information content (AvgIpc) is 2.58. The number of hydrogen-bond donors (Lipinski definition) is 1. The lowest BCUT2D eigenvalue weighted by atomic mass is 10.2. The van der Waals surface area contributed by atoms with Gasteiger partial charge < -0.3 is 25.0 Å². The van der Waals surface area contributed by atoms with Gasteiger partial charge in [-0.25, -0.2) is 14.8 Å². The normalized spacial score (nSPS) is 15.8. The number of piperazine rings is 1. The minimum atomic E-state index is -0.495. The summed E-state index contributed by atoms with van der Waals surface area (Å²) >= 11 is 5.97. The molecule has 0 radical (unpaired) electrons. The van der Waals surface area contributed by atoms with Crippen molar-refractivity contribution in [2.45, 2.75) is 26.4 Å². The van der Waals surface area contributed by atoms with Crippen LogP contribution in [0.4, 0.5) is 4.79 Å². The van der Waals surface area contributed by atoms with Gasteiger partial charge in [-0.05, 0) is 32.9 Å². The average molecular weight is 384 g/mol. The third-order valence-corrected chi connectivity index (χ3v) is 3.87. The molecule has 1 saturated heterocycles. The van der Waals surface area contributed by atoms with Crippen molar-refractivity contribution < 1.29 is 14.3 Å². The van der Waals surface area contributed by atoms with Crippen molar-refractivity contribution in [2.75, 3.05) is 39.3 Å². The zero-order valence-electron chi connectivity index (χ0n) is 15.4. The van der Waals surface area contributed by atoms with Gasteiger partial charge in [-0.2, -0.15) is 0 Å². The summed E-state index contributed by atoms with van der Waals surface area (Å²) in [6.45, 7) is 8.60. The van der Waals surface area contributed by atoms with Crippen molar-refractivity contribution in [3.8, 4) is 5.88 Å². The molecule has 144 valence electrons. The predicted octanol–water partition coefficient (Wildman–Crippen LogP) is 1.98. The maximum absolute atomic E-state index is 12.1. The molecule has 2 N–H and O–H groups in total. The Morgan fingerprint density at radius 1 is 1.31 bits per heavy atom. The van der Waals surface area contributed by atoms with Crippen molar-refractivity contribution in [3.63, 3.8) is 0 Å². The van der Waals surface area contributed by atoms with Gasteiger partial charge in [0.25, 0.3) is 0 Å². The molecule has 26 heavy (non-hydrogen) atoms. The summed E-state index contributed by atoms with van der Waals surface area (Å²) in [5, 5.41) is 0.461. The molecule has 0 aliphatic carbocycles. The molecule has 1 aromatic heterocycles. The van der Waals surface area contributed by atoms with E-state index in [9.17, 15) is 4.79 Å². The fourth-order valence-corrected chi connectivity index (χ4v) is 2.50. The van der Waals surface area contributed by atoms with Crippen LogP contribution in [0.3, 0.4) is 0 Å². The number of ether oxygens (including phenoxy) is 2. The third kappa shape index (κ3) is 6.25. The number of rotatable bonds is 4. The molecule has 0 aromatic carbocycles. The lowest BCUT2D eigenvalue weighted by Crippen LogP contribution is -2.53. The Hall–Kier alpha value is -2.22. The quantitative estimate of drug-likeness (QED) is 0.485. The van der Waals surface area contributed by atoms with E-state index in [0.29, 0.717) is 56.2 Å². The molecular formula is C17H26ClN5O3. The fourth-order valence-electron chi connectivity index (χ4n) is 2.32. The molecule has 9 heteroatoms. The maximum atomic E-state index is 12.1. The molecule has 0 bridgehead atoms. The van der Waals surface area contributed by atoms with E-state index in [0.717, 1.165) is 0 Å². The van der Waals surface area contributed by atoms with Gasteiger partial charge in [0, 0.05) is 32.4 Å². The minimum Gasteiger partial charge on any atom is -0.475 e. The Morgan fingerprint density at radius 3 is 2.58 bits per heavy atom. The molecular weight excluding hydrogens is 358 g/mol. The zero-order valence-corrected chi connectivity index (χ0v) is 16.2. The molecule has 1 aromatic rings. The van der Waals surface area contributed by atoms with Crippen molar-refractivity contribution in [3.05, 3.63) is 23.4 Å². The van der Waals surface area contributed by atoms with Gasteiger partial charge in [0.1, 0.15) is 17.2 Å². The van der Waals surface area contributed by atoms with Gasteiger partial charge in [0.05, 0.1) is 6.54 Å². The third-order valence-electron chi connectivity index (χ3n) is 3.58. The Kier molecular flexibility index (Phi) is 6.90. The number of aromatic nitrogens is 1. The summed E-state index contributed by atoms with van der Waals surface area (Å²) in [4.78, 5) is 24.0. The molecule has 8 nitrogen and oxygen atoms in total. The monoisotopic (exact) mass is 383 g/mol. The van der Waals surface area contributed by atoms with E-state index in [4.69, 9.17) is 26.8 Å². The summed E-state index contributed by atoms with van der Waals surface area (Å²) in [5.41, 5.74) is 5.53. The van der Waals surface area contributed by atoms with Crippen molar-refractivity contribution in [1.82, 2.24) is 14.8 Å². The Bertz CT molecular complexity index is 640. The summed E-state index contributed by atoms with van der Waals surface area (Å²) in [5.74, 6) is 0.818. The van der Waals surface area contributed by atoms with E-state index >= 15 is 0 Å². The molecule has 2 heterocycles. The standard InChI is InChI=1S/C17H26ClN5O3/c1-17(2,3)26-16(24)23-10-8-22(9-11-23)15(19)21-7-12-25-14-13(18)5-4-6-20-14/h4-6H,7-12H2,1-3H3,(H2,19,21). The van der Waals surface area contributed by atoms with Crippen LogP contribution in [-0.2, 0) is 4.74 Å². The lowest BCUT2D eigenvalue weighted by molar-refractivity contribution is 0.0186. The predicted molar refractivity (Wildman–Crippen MR) is 101 cm³/mol. The van der Waals surface area contributed by atoms with Crippen molar-refractivity contribution in [1.29, 1.82) is 0 Å². The van der Waals surface area contributed by atoms with Crippen LogP contribution in [0.15, 0.2) is 23.3 Å². The lowest BCUT2D eigenvalue weighted by Gasteiger charge is -2.36. The van der Waals surface area contributed by atoms with E-state index < -0.39 is 5.60 Å².